The van der Waals surface area contributed by atoms with Crippen LogP contribution in [-0.4, -0.2) is 12.9 Å². The highest BCUT2D eigenvalue weighted by atomic mass is 16.5. The molecule has 1 aromatic heterocycles. The molecule has 142 valence electrons. The number of benzene rings is 2. The van der Waals surface area contributed by atoms with Gasteiger partial charge in [-0.05, 0) is 49.4 Å². The van der Waals surface area contributed by atoms with Crippen molar-refractivity contribution in [3.63, 3.8) is 0 Å². The van der Waals surface area contributed by atoms with Crippen LogP contribution in [0.25, 0.3) is 11.0 Å². The van der Waals surface area contributed by atoms with Crippen molar-refractivity contribution < 1.29 is 18.7 Å². The van der Waals surface area contributed by atoms with Crippen molar-refractivity contribution >= 4 is 16.8 Å². The number of hydrogen-bond donors (Lipinski definition) is 0. The highest BCUT2D eigenvalue weighted by Gasteiger charge is 2.34. The molecule has 0 radical (unpaired) electrons. The third-order valence-electron chi connectivity index (χ3n) is 5.81. The molecule has 5 rings (SSSR count). The van der Waals surface area contributed by atoms with E-state index in [1.165, 1.54) is 0 Å². The number of para-hydroxylation sites is 1. The molecule has 2 aliphatic rings. The molecule has 28 heavy (non-hydrogen) atoms. The lowest BCUT2D eigenvalue weighted by Crippen LogP contribution is -2.22. The molecule has 1 aliphatic heterocycles. The van der Waals surface area contributed by atoms with Crippen molar-refractivity contribution in [3.05, 3.63) is 68.6 Å². The molecule has 2 aromatic carbocycles. The van der Waals surface area contributed by atoms with E-state index in [1.807, 2.05) is 31.2 Å². The molecular formula is C23H20O5. The largest absolute Gasteiger partial charge is 0.496 e. The Balaban J connectivity index is 1.77. The number of carbonyl (C=O) groups excluding carboxylic acids is 1. The number of rotatable bonds is 2. The molecule has 0 saturated carbocycles. The molecule has 1 aliphatic carbocycles. The zero-order valence-electron chi connectivity index (χ0n) is 15.8. The van der Waals surface area contributed by atoms with Crippen LogP contribution in [0.4, 0.5) is 0 Å². The summed E-state index contributed by atoms with van der Waals surface area (Å²) in [5, 5.41) is 0.778. The summed E-state index contributed by atoms with van der Waals surface area (Å²) in [6.45, 7) is 1.86. The number of methoxy groups -OCH3 is 1. The Hall–Kier alpha value is -3.08. The van der Waals surface area contributed by atoms with E-state index in [1.54, 1.807) is 13.2 Å². The third kappa shape index (κ3) is 2.39. The number of aryl methyl sites for hydroxylation is 2. The van der Waals surface area contributed by atoms with Crippen LogP contribution in [0.15, 0.2) is 39.5 Å². The second-order valence-corrected chi connectivity index (χ2v) is 7.45. The van der Waals surface area contributed by atoms with Crippen LogP contribution in [0.5, 0.6) is 11.5 Å². The average Bonchev–Trinajstić information content (AvgIpc) is 3.17. The molecule has 0 fully saturated rings. The van der Waals surface area contributed by atoms with Crippen LogP contribution in [-0.2, 0) is 12.8 Å². The number of ether oxygens (including phenoxy) is 2. The van der Waals surface area contributed by atoms with Crippen LogP contribution in [0, 0.1) is 6.92 Å². The van der Waals surface area contributed by atoms with Gasteiger partial charge in [0.05, 0.1) is 24.5 Å². The Labute approximate surface area is 161 Å². The van der Waals surface area contributed by atoms with Gasteiger partial charge >= 0.3 is 5.63 Å². The minimum atomic E-state index is -0.440. The van der Waals surface area contributed by atoms with Gasteiger partial charge in [-0.2, -0.15) is 0 Å². The lowest BCUT2D eigenvalue weighted by molar-refractivity contribution is 0.0849. The maximum atomic E-state index is 13.1. The lowest BCUT2D eigenvalue weighted by atomic mass is 9.90. The normalized spacial score (nSPS) is 17.9. The average molecular weight is 376 g/mol. The molecule has 1 atom stereocenters. The molecule has 0 amide bonds. The summed E-state index contributed by atoms with van der Waals surface area (Å²) in [4.78, 5) is 25.4. The zero-order valence-corrected chi connectivity index (χ0v) is 15.8. The monoisotopic (exact) mass is 376 g/mol. The third-order valence-corrected chi connectivity index (χ3v) is 5.81. The number of carbonyl (C=O) groups is 1. The molecule has 0 spiro atoms. The fraction of sp³-hybridized carbons (Fsp3) is 0.304. The first kappa shape index (κ1) is 17.0. The van der Waals surface area contributed by atoms with Crippen molar-refractivity contribution in [1.82, 2.24) is 0 Å². The number of hydrogen-bond acceptors (Lipinski definition) is 5. The Bertz CT molecular complexity index is 1190. The summed E-state index contributed by atoms with van der Waals surface area (Å²) in [5.41, 5.74) is 4.12. The minimum absolute atomic E-state index is 0.0366. The molecule has 0 N–H and O–H groups in total. The van der Waals surface area contributed by atoms with Gasteiger partial charge in [0.15, 0.2) is 5.78 Å². The highest BCUT2D eigenvalue weighted by molar-refractivity contribution is 6.07. The number of Topliss-reactive ketones (excluding diaryl/α,β-unsaturated/α-hetero) is 1. The van der Waals surface area contributed by atoms with Gasteiger partial charge in [-0.3, -0.25) is 4.79 Å². The summed E-state index contributed by atoms with van der Waals surface area (Å²) in [6.07, 6.45) is 2.22. The first-order chi connectivity index (χ1) is 13.6. The summed E-state index contributed by atoms with van der Waals surface area (Å²) >= 11 is 0. The fourth-order valence-corrected chi connectivity index (χ4v) is 4.55. The van der Waals surface area contributed by atoms with Crippen molar-refractivity contribution in [2.45, 2.75) is 38.7 Å². The van der Waals surface area contributed by atoms with Crippen molar-refractivity contribution in [2.75, 3.05) is 7.11 Å². The highest BCUT2D eigenvalue weighted by Crippen LogP contribution is 2.45. The molecule has 1 unspecified atom stereocenters. The van der Waals surface area contributed by atoms with Crippen LogP contribution in [0.2, 0.25) is 0 Å². The molecule has 0 saturated heterocycles. The number of fused-ring (bicyclic) bond motifs is 5. The second kappa shape index (κ2) is 6.23. The Kier molecular flexibility index (Phi) is 3.79. The summed E-state index contributed by atoms with van der Waals surface area (Å²) in [5.74, 6) is 1.27. The fourth-order valence-electron chi connectivity index (χ4n) is 4.55. The Morgan fingerprint density at radius 2 is 1.89 bits per heavy atom. The van der Waals surface area contributed by atoms with E-state index in [-0.39, 0.29) is 17.8 Å². The van der Waals surface area contributed by atoms with Crippen molar-refractivity contribution in [1.29, 1.82) is 0 Å². The second-order valence-electron chi connectivity index (χ2n) is 7.45. The maximum absolute atomic E-state index is 13.1. The van der Waals surface area contributed by atoms with Gasteiger partial charge in [0.25, 0.3) is 0 Å². The Morgan fingerprint density at radius 1 is 1.11 bits per heavy atom. The van der Waals surface area contributed by atoms with Crippen molar-refractivity contribution in [3.8, 4) is 11.5 Å². The van der Waals surface area contributed by atoms with E-state index in [0.717, 1.165) is 34.9 Å². The van der Waals surface area contributed by atoms with Crippen LogP contribution < -0.4 is 15.1 Å². The van der Waals surface area contributed by atoms with Gasteiger partial charge in [0, 0.05) is 11.1 Å². The Morgan fingerprint density at radius 3 is 2.71 bits per heavy atom. The van der Waals surface area contributed by atoms with E-state index in [4.69, 9.17) is 13.9 Å². The van der Waals surface area contributed by atoms with Gasteiger partial charge in [-0.1, -0.05) is 18.2 Å². The summed E-state index contributed by atoms with van der Waals surface area (Å²) in [6, 6.07) is 9.38. The van der Waals surface area contributed by atoms with Gasteiger partial charge in [0.1, 0.15) is 23.2 Å². The molecule has 5 heteroatoms. The lowest BCUT2D eigenvalue weighted by Gasteiger charge is -2.29. The van der Waals surface area contributed by atoms with Crippen LogP contribution >= 0.6 is 0 Å². The van der Waals surface area contributed by atoms with Gasteiger partial charge < -0.3 is 13.9 Å². The van der Waals surface area contributed by atoms with Crippen molar-refractivity contribution in [2.24, 2.45) is 0 Å². The quantitative estimate of drug-likeness (QED) is 0.624. The predicted octanol–water partition coefficient (Wildman–Crippen LogP) is 4.31. The minimum Gasteiger partial charge on any atom is -0.496 e. The topological polar surface area (TPSA) is 65.7 Å². The van der Waals surface area contributed by atoms with Gasteiger partial charge in [0.2, 0.25) is 0 Å². The van der Waals surface area contributed by atoms with E-state index in [9.17, 15) is 9.59 Å². The van der Waals surface area contributed by atoms with E-state index >= 15 is 0 Å². The first-order valence-corrected chi connectivity index (χ1v) is 9.53. The molecular weight excluding hydrogens is 356 g/mol. The smallest absolute Gasteiger partial charge is 0.339 e. The molecule has 3 aromatic rings. The summed E-state index contributed by atoms with van der Waals surface area (Å²) < 4.78 is 17.5. The van der Waals surface area contributed by atoms with E-state index in [2.05, 4.69) is 0 Å². The number of ketones is 1. The van der Waals surface area contributed by atoms with E-state index < -0.39 is 6.10 Å². The van der Waals surface area contributed by atoms with Gasteiger partial charge in [-0.15, -0.1) is 0 Å². The first-order valence-electron chi connectivity index (χ1n) is 9.53. The maximum Gasteiger partial charge on any atom is 0.339 e. The van der Waals surface area contributed by atoms with Crippen LogP contribution in [0.1, 0.15) is 51.6 Å². The predicted molar refractivity (Wildman–Crippen MR) is 105 cm³/mol. The van der Waals surface area contributed by atoms with E-state index in [0.29, 0.717) is 34.6 Å². The molecule has 0 bridgehead atoms. The zero-order chi connectivity index (χ0) is 19.4. The SMILES string of the molecule is COc1ccccc1C1CC(=O)c2c(C)cc3oc(=O)c4c(c3c2O1)CCC4. The molecule has 2 heterocycles. The summed E-state index contributed by atoms with van der Waals surface area (Å²) in [7, 11) is 1.61. The molecule has 5 nitrogen and oxygen atoms in total. The van der Waals surface area contributed by atoms with Gasteiger partial charge in [-0.25, -0.2) is 4.79 Å². The van der Waals surface area contributed by atoms with Crippen LogP contribution in [0.3, 0.4) is 0 Å². The standard InChI is InChI=1S/C23H20O5/c1-12-10-19-21(13-7-5-8-14(13)23(25)28-19)22-20(12)16(24)11-18(27-22)15-6-3-4-9-17(15)26-2/h3-4,6,9-10,18H,5,7-8,11H2,1-2H3.